The molecule has 0 radical (unpaired) electrons. The molecule has 0 bridgehead atoms. The lowest BCUT2D eigenvalue weighted by Gasteiger charge is -2.09. The number of rotatable bonds is 4. The molecule has 4 nitrogen and oxygen atoms in total. The van der Waals surface area contributed by atoms with E-state index in [0.29, 0.717) is 0 Å². The molecule has 0 saturated heterocycles. The predicted octanol–water partition coefficient (Wildman–Crippen LogP) is -0.882. The minimum absolute atomic E-state index is 0.0632. The Kier molecular flexibility index (Phi) is 3.48. The van der Waals surface area contributed by atoms with Crippen molar-refractivity contribution < 1.29 is 20.4 Å². The molecule has 0 spiro atoms. The minimum atomic E-state index is -1.08. The number of quaternary nitrogens is 1. The third-order valence-corrected chi connectivity index (χ3v) is 2.00. The summed E-state index contributed by atoms with van der Waals surface area (Å²) in [6, 6.07) is 6.90. The van der Waals surface area contributed by atoms with Crippen molar-refractivity contribution in [2.45, 2.75) is 12.5 Å². The lowest BCUT2D eigenvalue weighted by atomic mass is 10.1. The number of aliphatic carboxylic acids is 1. The number of carboxylic acids is 1. The highest BCUT2D eigenvalue weighted by Gasteiger charge is 2.09. The van der Waals surface area contributed by atoms with Crippen molar-refractivity contribution in [1.82, 2.24) is 0 Å². The standard InChI is InChI=1S/C10H13NO3/c1-14-8-4-2-7(3-5-8)9(11)6-10(12)13/h2-5,9H,6,11H2,1H3,(H,12,13)/t9-/m0/s1. The van der Waals surface area contributed by atoms with E-state index in [1.54, 1.807) is 31.4 Å². The van der Waals surface area contributed by atoms with Crippen LogP contribution in [0.1, 0.15) is 18.0 Å². The Bertz CT molecular complexity index is 308. The molecule has 76 valence electrons. The molecule has 0 aromatic heterocycles. The average molecular weight is 195 g/mol. The van der Waals surface area contributed by atoms with E-state index in [1.807, 2.05) is 0 Å². The molecule has 0 heterocycles. The molecule has 14 heavy (non-hydrogen) atoms. The fourth-order valence-corrected chi connectivity index (χ4v) is 1.20. The van der Waals surface area contributed by atoms with Gasteiger partial charge in [-0.25, -0.2) is 0 Å². The quantitative estimate of drug-likeness (QED) is 0.677. The monoisotopic (exact) mass is 195 g/mol. The number of ether oxygens (including phenoxy) is 1. The normalized spacial score (nSPS) is 12.1. The first kappa shape index (κ1) is 10.5. The topological polar surface area (TPSA) is 77.0 Å². The van der Waals surface area contributed by atoms with Crippen LogP contribution in [0.2, 0.25) is 0 Å². The van der Waals surface area contributed by atoms with Crippen molar-refractivity contribution >= 4 is 5.97 Å². The lowest BCUT2D eigenvalue weighted by Crippen LogP contribution is -2.55. The number of hydrogen-bond donors (Lipinski definition) is 1. The van der Waals surface area contributed by atoms with E-state index < -0.39 is 5.97 Å². The van der Waals surface area contributed by atoms with Crippen LogP contribution >= 0.6 is 0 Å². The van der Waals surface area contributed by atoms with E-state index >= 15 is 0 Å². The fraction of sp³-hybridized carbons (Fsp3) is 0.300. The summed E-state index contributed by atoms with van der Waals surface area (Å²) in [6.07, 6.45) is -0.0632. The van der Waals surface area contributed by atoms with Crippen LogP contribution in [-0.2, 0) is 4.79 Å². The maximum absolute atomic E-state index is 10.3. The highest BCUT2D eigenvalue weighted by atomic mass is 16.5. The van der Waals surface area contributed by atoms with Crippen molar-refractivity contribution in [3.05, 3.63) is 29.8 Å². The zero-order valence-corrected chi connectivity index (χ0v) is 8.03. The van der Waals surface area contributed by atoms with Crippen molar-refractivity contribution in [1.29, 1.82) is 0 Å². The molecule has 0 aliphatic heterocycles. The maximum Gasteiger partial charge on any atom is 0.118 e. The third-order valence-electron chi connectivity index (χ3n) is 2.00. The van der Waals surface area contributed by atoms with Gasteiger partial charge in [-0.1, -0.05) is 0 Å². The zero-order valence-electron chi connectivity index (χ0n) is 8.03. The average Bonchev–Trinajstić information content (AvgIpc) is 2.17. The first-order chi connectivity index (χ1) is 6.63. The van der Waals surface area contributed by atoms with Gasteiger partial charge in [0, 0.05) is 18.0 Å². The number of carbonyl (C=O) groups excluding carboxylic acids is 1. The van der Waals surface area contributed by atoms with Gasteiger partial charge in [0.15, 0.2) is 0 Å². The Hall–Kier alpha value is -1.55. The smallest absolute Gasteiger partial charge is 0.118 e. The molecule has 0 saturated carbocycles. The molecule has 1 atom stereocenters. The third kappa shape index (κ3) is 2.74. The van der Waals surface area contributed by atoms with Crippen LogP contribution in [0, 0.1) is 0 Å². The van der Waals surface area contributed by atoms with E-state index in [4.69, 9.17) is 4.74 Å². The second kappa shape index (κ2) is 4.62. The number of benzene rings is 1. The summed E-state index contributed by atoms with van der Waals surface area (Å²) in [7, 11) is 1.58. The first-order valence-corrected chi connectivity index (χ1v) is 4.30. The highest BCUT2D eigenvalue weighted by molar-refractivity contribution is 5.65. The van der Waals surface area contributed by atoms with Crippen LogP contribution in [0.25, 0.3) is 0 Å². The molecule has 0 fully saturated rings. The van der Waals surface area contributed by atoms with Gasteiger partial charge in [0.2, 0.25) is 0 Å². The van der Waals surface area contributed by atoms with Gasteiger partial charge in [0.05, 0.1) is 7.11 Å². The molecule has 4 heteroatoms. The highest BCUT2D eigenvalue weighted by Crippen LogP contribution is 2.16. The molecule has 0 aliphatic carbocycles. The summed E-state index contributed by atoms with van der Waals surface area (Å²) in [6.45, 7) is 0. The second-order valence-electron chi connectivity index (χ2n) is 3.05. The van der Waals surface area contributed by atoms with Crippen LogP contribution in [0.15, 0.2) is 24.3 Å². The van der Waals surface area contributed by atoms with Crippen LogP contribution in [0.5, 0.6) is 5.75 Å². The van der Waals surface area contributed by atoms with Crippen molar-refractivity contribution in [3.63, 3.8) is 0 Å². The largest absolute Gasteiger partial charge is 0.550 e. The Labute approximate surface area is 82.3 Å². The van der Waals surface area contributed by atoms with Crippen molar-refractivity contribution in [2.75, 3.05) is 7.11 Å². The number of hydrogen-bond acceptors (Lipinski definition) is 3. The molecule has 1 rings (SSSR count). The Balaban J connectivity index is 2.71. The Morgan fingerprint density at radius 3 is 2.50 bits per heavy atom. The first-order valence-electron chi connectivity index (χ1n) is 4.30. The van der Waals surface area contributed by atoms with Gasteiger partial charge < -0.3 is 20.4 Å². The molecule has 1 aromatic rings. The lowest BCUT2D eigenvalue weighted by molar-refractivity contribution is -0.430. The zero-order chi connectivity index (χ0) is 10.6. The predicted molar refractivity (Wildman–Crippen MR) is 48.2 cm³/mol. The van der Waals surface area contributed by atoms with Gasteiger partial charge in [-0.2, -0.15) is 0 Å². The van der Waals surface area contributed by atoms with E-state index in [-0.39, 0.29) is 12.5 Å². The molecule has 3 N–H and O–H groups in total. The van der Waals surface area contributed by atoms with Crippen LogP contribution in [0.3, 0.4) is 0 Å². The number of methoxy groups -OCH3 is 1. The molecular formula is C10H13NO3. The van der Waals surface area contributed by atoms with Gasteiger partial charge in [-0.15, -0.1) is 0 Å². The molecule has 0 aliphatic rings. The molecular weight excluding hydrogens is 182 g/mol. The second-order valence-corrected chi connectivity index (χ2v) is 3.05. The van der Waals surface area contributed by atoms with Gasteiger partial charge in [-0.05, 0) is 24.3 Å². The van der Waals surface area contributed by atoms with Gasteiger partial charge in [0.25, 0.3) is 0 Å². The van der Waals surface area contributed by atoms with Crippen molar-refractivity contribution in [3.8, 4) is 5.75 Å². The van der Waals surface area contributed by atoms with E-state index in [2.05, 4.69) is 5.73 Å². The van der Waals surface area contributed by atoms with Gasteiger partial charge in [-0.3, -0.25) is 0 Å². The van der Waals surface area contributed by atoms with Crippen LogP contribution in [-0.4, -0.2) is 13.1 Å². The SMILES string of the molecule is COc1ccc([C@@H]([NH3+])CC(=O)[O-])cc1. The number of carbonyl (C=O) groups is 1. The fourth-order valence-electron chi connectivity index (χ4n) is 1.20. The molecule has 0 unspecified atom stereocenters. The summed E-state index contributed by atoms with van der Waals surface area (Å²) in [5.41, 5.74) is 4.61. The van der Waals surface area contributed by atoms with E-state index in [9.17, 15) is 9.90 Å². The van der Waals surface area contributed by atoms with E-state index in [0.717, 1.165) is 11.3 Å². The molecule has 1 aromatic carbocycles. The minimum Gasteiger partial charge on any atom is -0.550 e. The van der Waals surface area contributed by atoms with Crippen molar-refractivity contribution in [2.24, 2.45) is 0 Å². The summed E-state index contributed by atoms with van der Waals surface area (Å²) >= 11 is 0. The summed E-state index contributed by atoms with van der Waals surface area (Å²) < 4.78 is 4.98. The van der Waals surface area contributed by atoms with Crippen LogP contribution in [0.4, 0.5) is 0 Å². The molecule has 0 amide bonds. The van der Waals surface area contributed by atoms with E-state index in [1.165, 1.54) is 0 Å². The summed E-state index contributed by atoms with van der Waals surface area (Å²) in [5.74, 6) is -0.338. The van der Waals surface area contributed by atoms with Crippen LogP contribution < -0.4 is 15.6 Å². The summed E-state index contributed by atoms with van der Waals surface area (Å²) in [4.78, 5) is 10.3. The Morgan fingerprint density at radius 1 is 1.50 bits per heavy atom. The summed E-state index contributed by atoms with van der Waals surface area (Å²) in [5, 5.41) is 10.3. The maximum atomic E-state index is 10.3. The number of carboxylic acid groups (broad SMARTS) is 1. The van der Waals surface area contributed by atoms with Gasteiger partial charge in [0.1, 0.15) is 11.8 Å². The Morgan fingerprint density at radius 2 is 2.07 bits per heavy atom. The van der Waals surface area contributed by atoms with Gasteiger partial charge >= 0.3 is 0 Å².